The molecule has 0 aliphatic carbocycles. The van der Waals surface area contributed by atoms with Gasteiger partial charge in [-0.1, -0.05) is 22.9 Å². The van der Waals surface area contributed by atoms with E-state index in [2.05, 4.69) is 37.2 Å². The summed E-state index contributed by atoms with van der Waals surface area (Å²) in [5, 5.41) is 11.7. The molecule has 1 unspecified atom stereocenters. The van der Waals surface area contributed by atoms with Crippen LogP contribution in [0, 0.1) is 11.8 Å². The number of carbonyl (C=O) groups is 2. The third-order valence-electron chi connectivity index (χ3n) is 3.47. The summed E-state index contributed by atoms with van der Waals surface area (Å²) in [5.41, 5.74) is 0.688. The molecular weight excluding hydrogens is 392 g/mol. The van der Waals surface area contributed by atoms with Crippen LogP contribution in [0.15, 0.2) is 27.1 Å². The summed E-state index contributed by atoms with van der Waals surface area (Å²) in [5.74, 6) is -1.20. The third kappa shape index (κ3) is 3.32. The topological polar surface area (TPSA) is 69.6 Å². The smallest absolute Gasteiger partial charge is 0.321 e. The molecule has 1 saturated heterocycles. The number of nitrogens with zero attached hydrogens (tertiary/aromatic N) is 1. The van der Waals surface area contributed by atoms with E-state index in [9.17, 15) is 9.59 Å². The summed E-state index contributed by atoms with van der Waals surface area (Å²) in [4.78, 5) is 24.5. The molecule has 1 aliphatic heterocycles. The Labute approximate surface area is 133 Å². The van der Waals surface area contributed by atoms with E-state index in [-0.39, 0.29) is 11.9 Å². The van der Waals surface area contributed by atoms with E-state index in [1.165, 1.54) is 0 Å². The van der Waals surface area contributed by atoms with Crippen molar-refractivity contribution in [2.45, 2.75) is 6.92 Å². The Kier molecular flexibility index (Phi) is 4.70. The summed E-state index contributed by atoms with van der Waals surface area (Å²) < 4.78 is 1.71. The fourth-order valence-corrected chi connectivity index (χ4v) is 3.13. The maximum atomic E-state index is 12.0. The highest BCUT2D eigenvalue weighted by Crippen LogP contribution is 2.28. The van der Waals surface area contributed by atoms with Crippen molar-refractivity contribution < 1.29 is 14.7 Å². The van der Waals surface area contributed by atoms with E-state index in [0.717, 1.165) is 8.95 Å². The Morgan fingerprint density at radius 2 is 2.05 bits per heavy atom. The molecule has 20 heavy (non-hydrogen) atoms. The lowest BCUT2D eigenvalue weighted by atomic mass is 9.87. The number of anilines is 1. The van der Waals surface area contributed by atoms with Gasteiger partial charge in [-0.05, 0) is 34.1 Å². The molecule has 0 spiro atoms. The zero-order chi connectivity index (χ0) is 14.9. The quantitative estimate of drug-likeness (QED) is 0.809. The predicted molar refractivity (Wildman–Crippen MR) is 82.7 cm³/mol. The average Bonchev–Trinajstić information content (AvgIpc) is 2.30. The molecule has 1 aromatic rings. The molecule has 1 aliphatic rings. The minimum Gasteiger partial charge on any atom is -0.481 e. The highest BCUT2D eigenvalue weighted by Gasteiger charge is 2.37. The lowest BCUT2D eigenvalue weighted by molar-refractivity contribution is -0.144. The lowest BCUT2D eigenvalue weighted by Crippen LogP contribution is -2.54. The van der Waals surface area contributed by atoms with Gasteiger partial charge in [0, 0.05) is 28.0 Å². The number of halogens is 2. The van der Waals surface area contributed by atoms with Gasteiger partial charge in [0.05, 0.1) is 11.6 Å². The first-order valence-electron chi connectivity index (χ1n) is 6.12. The van der Waals surface area contributed by atoms with Crippen molar-refractivity contribution >= 4 is 49.5 Å². The first kappa shape index (κ1) is 15.3. The Hall–Kier alpha value is -1.08. The Morgan fingerprint density at radius 1 is 1.40 bits per heavy atom. The van der Waals surface area contributed by atoms with Gasteiger partial charge in [0.2, 0.25) is 0 Å². The molecule has 0 aromatic heterocycles. The number of aliphatic carboxylic acids is 1. The van der Waals surface area contributed by atoms with Crippen LogP contribution in [0.2, 0.25) is 0 Å². The summed E-state index contributed by atoms with van der Waals surface area (Å²) in [6.45, 7) is 2.63. The van der Waals surface area contributed by atoms with Crippen molar-refractivity contribution in [2.24, 2.45) is 11.8 Å². The van der Waals surface area contributed by atoms with Crippen LogP contribution in [-0.4, -0.2) is 35.1 Å². The van der Waals surface area contributed by atoms with E-state index in [0.29, 0.717) is 18.8 Å². The molecule has 5 nitrogen and oxygen atoms in total. The van der Waals surface area contributed by atoms with Crippen LogP contribution < -0.4 is 5.32 Å². The number of carboxylic acid groups (broad SMARTS) is 1. The monoisotopic (exact) mass is 404 g/mol. The standard InChI is InChI=1S/C13H14Br2N2O3/c1-7(12(18)19)8-5-17(6-8)13(20)16-11-3-2-9(14)4-10(11)15/h2-4,7-8H,5-6H2,1H3,(H,16,20)(H,18,19). The number of likely N-dealkylation sites (tertiary alicyclic amines) is 1. The van der Waals surface area contributed by atoms with Crippen molar-refractivity contribution in [1.82, 2.24) is 4.90 Å². The summed E-state index contributed by atoms with van der Waals surface area (Å²) in [7, 11) is 0. The highest BCUT2D eigenvalue weighted by atomic mass is 79.9. The number of urea groups is 1. The van der Waals surface area contributed by atoms with Crippen LogP contribution >= 0.6 is 31.9 Å². The second-order valence-corrected chi connectivity index (χ2v) is 6.62. The van der Waals surface area contributed by atoms with Gasteiger partial charge in [-0.25, -0.2) is 4.79 Å². The van der Waals surface area contributed by atoms with Gasteiger partial charge in [-0.3, -0.25) is 4.79 Å². The van der Waals surface area contributed by atoms with Gasteiger partial charge in [0.25, 0.3) is 0 Å². The number of hydrogen-bond donors (Lipinski definition) is 2. The van der Waals surface area contributed by atoms with Crippen LogP contribution in [0.25, 0.3) is 0 Å². The average molecular weight is 406 g/mol. The largest absolute Gasteiger partial charge is 0.481 e. The van der Waals surface area contributed by atoms with Crippen LogP contribution in [0.1, 0.15) is 6.92 Å². The SMILES string of the molecule is CC(C(=O)O)C1CN(C(=O)Nc2ccc(Br)cc2Br)C1. The maximum Gasteiger partial charge on any atom is 0.321 e. The molecule has 1 aromatic carbocycles. The summed E-state index contributed by atoms with van der Waals surface area (Å²) >= 11 is 6.72. The molecule has 1 atom stereocenters. The molecule has 1 fully saturated rings. The van der Waals surface area contributed by atoms with Gasteiger partial charge in [0.1, 0.15) is 0 Å². The van der Waals surface area contributed by atoms with E-state index < -0.39 is 11.9 Å². The van der Waals surface area contributed by atoms with Gasteiger partial charge in [-0.2, -0.15) is 0 Å². The number of nitrogens with one attached hydrogen (secondary N) is 1. The number of carboxylic acids is 1. The lowest BCUT2D eigenvalue weighted by Gasteiger charge is -2.41. The van der Waals surface area contributed by atoms with Crippen molar-refractivity contribution in [3.05, 3.63) is 27.1 Å². The van der Waals surface area contributed by atoms with Gasteiger partial charge in [0.15, 0.2) is 0 Å². The summed E-state index contributed by atoms with van der Waals surface area (Å²) in [6.07, 6.45) is 0. The second-order valence-electron chi connectivity index (χ2n) is 4.85. The van der Waals surface area contributed by atoms with Gasteiger partial charge < -0.3 is 15.3 Å². The summed E-state index contributed by atoms with van der Waals surface area (Å²) in [6, 6.07) is 5.28. The van der Waals surface area contributed by atoms with Crippen LogP contribution in [0.3, 0.4) is 0 Å². The molecule has 0 saturated carbocycles. The Morgan fingerprint density at radius 3 is 2.60 bits per heavy atom. The molecule has 108 valence electrons. The molecule has 7 heteroatoms. The van der Waals surface area contributed by atoms with Crippen LogP contribution in [0.5, 0.6) is 0 Å². The zero-order valence-corrected chi connectivity index (χ0v) is 13.9. The minimum atomic E-state index is -0.814. The first-order chi connectivity index (χ1) is 9.38. The molecule has 0 bridgehead atoms. The van der Waals surface area contributed by atoms with E-state index in [1.54, 1.807) is 17.9 Å². The second kappa shape index (κ2) is 6.13. The van der Waals surface area contributed by atoms with Crippen LogP contribution in [-0.2, 0) is 4.79 Å². The number of rotatable bonds is 3. The van der Waals surface area contributed by atoms with Crippen LogP contribution in [0.4, 0.5) is 10.5 Å². The number of carbonyl (C=O) groups excluding carboxylic acids is 1. The maximum absolute atomic E-state index is 12.0. The van der Waals surface area contributed by atoms with Crippen molar-refractivity contribution in [2.75, 3.05) is 18.4 Å². The highest BCUT2D eigenvalue weighted by molar-refractivity contribution is 9.11. The Balaban J connectivity index is 1.90. The fraction of sp³-hybridized carbons (Fsp3) is 0.385. The molecule has 1 heterocycles. The van der Waals surface area contributed by atoms with E-state index >= 15 is 0 Å². The van der Waals surface area contributed by atoms with Crippen molar-refractivity contribution in [3.8, 4) is 0 Å². The molecule has 2 amide bonds. The molecular formula is C13H14Br2N2O3. The normalized spacial score (nSPS) is 16.4. The third-order valence-corrected chi connectivity index (χ3v) is 4.62. The van der Waals surface area contributed by atoms with E-state index in [1.807, 2.05) is 12.1 Å². The minimum absolute atomic E-state index is 0.0339. The van der Waals surface area contributed by atoms with Gasteiger partial charge in [-0.15, -0.1) is 0 Å². The molecule has 2 rings (SSSR count). The number of amides is 2. The first-order valence-corrected chi connectivity index (χ1v) is 7.71. The number of benzene rings is 1. The molecule has 2 N–H and O–H groups in total. The fourth-order valence-electron chi connectivity index (χ4n) is 1.98. The number of hydrogen-bond acceptors (Lipinski definition) is 2. The van der Waals surface area contributed by atoms with Gasteiger partial charge >= 0.3 is 12.0 Å². The Bertz CT molecular complexity index is 544. The van der Waals surface area contributed by atoms with Crippen molar-refractivity contribution in [3.63, 3.8) is 0 Å². The predicted octanol–water partition coefficient (Wildman–Crippen LogP) is 3.40. The molecule has 0 radical (unpaired) electrons. The van der Waals surface area contributed by atoms with Crippen molar-refractivity contribution in [1.29, 1.82) is 0 Å². The van der Waals surface area contributed by atoms with E-state index in [4.69, 9.17) is 5.11 Å². The zero-order valence-electron chi connectivity index (χ0n) is 10.8.